The van der Waals surface area contributed by atoms with Gasteiger partial charge in [-0.2, -0.15) is 0 Å². The third kappa shape index (κ3) is 4.51. The molecule has 0 unspecified atom stereocenters. The normalized spacial score (nSPS) is 15.1. The van der Waals surface area contributed by atoms with Gasteiger partial charge >= 0.3 is 6.03 Å². The molecule has 0 saturated carbocycles. The Morgan fingerprint density at radius 1 is 0.906 bits per heavy atom. The first-order chi connectivity index (χ1) is 15.4. The molecule has 1 saturated heterocycles. The van der Waals surface area contributed by atoms with Crippen molar-refractivity contribution in [3.05, 3.63) is 99.5 Å². The first kappa shape index (κ1) is 21.6. The fourth-order valence-electron chi connectivity index (χ4n) is 3.16. The van der Waals surface area contributed by atoms with Crippen LogP contribution in [-0.4, -0.2) is 17.8 Å². The van der Waals surface area contributed by atoms with Gasteiger partial charge in [-0.05, 0) is 42.5 Å². The van der Waals surface area contributed by atoms with Gasteiger partial charge in [0.15, 0.2) is 0 Å². The molecule has 0 aromatic heterocycles. The number of anilines is 1. The zero-order valence-corrected chi connectivity index (χ0v) is 18.1. The molecule has 1 heterocycles. The van der Waals surface area contributed by atoms with Crippen LogP contribution >= 0.6 is 23.2 Å². The van der Waals surface area contributed by atoms with Gasteiger partial charge < -0.3 is 4.74 Å². The van der Waals surface area contributed by atoms with E-state index in [0.29, 0.717) is 27.0 Å². The Bertz CT molecular complexity index is 1240. The number of benzene rings is 3. The third-order valence-corrected chi connectivity index (χ3v) is 5.33. The molecule has 0 radical (unpaired) electrons. The van der Waals surface area contributed by atoms with E-state index < -0.39 is 17.8 Å². The molecule has 8 heteroatoms. The second-order valence-electron chi connectivity index (χ2n) is 6.86. The van der Waals surface area contributed by atoms with Crippen molar-refractivity contribution >= 4 is 52.8 Å². The van der Waals surface area contributed by atoms with Crippen LogP contribution in [0.25, 0.3) is 6.08 Å². The van der Waals surface area contributed by atoms with Gasteiger partial charge in [0.25, 0.3) is 11.8 Å². The summed E-state index contributed by atoms with van der Waals surface area (Å²) in [6, 6.07) is 19.6. The highest BCUT2D eigenvalue weighted by Gasteiger charge is 2.36. The molecule has 3 aromatic carbocycles. The van der Waals surface area contributed by atoms with Crippen molar-refractivity contribution in [1.29, 1.82) is 0 Å². The summed E-state index contributed by atoms with van der Waals surface area (Å²) >= 11 is 12.3. The van der Waals surface area contributed by atoms with E-state index in [4.69, 9.17) is 27.9 Å². The molecule has 0 bridgehead atoms. The Balaban J connectivity index is 1.68. The van der Waals surface area contributed by atoms with Crippen LogP contribution in [0.2, 0.25) is 10.0 Å². The van der Waals surface area contributed by atoms with Crippen LogP contribution in [-0.2, 0) is 16.2 Å². The number of imide groups is 2. The van der Waals surface area contributed by atoms with Gasteiger partial charge in [0.1, 0.15) is 17.9 Å². The molecule has 0 atom stereocenters. The highest BCUT2D eigenvalue weighted by Crippen LogP contribution is 2.29. The molecule has 6 nitrogen and oxygen atoms in total. The fraction of sp³-hybridized carbons (Fsp3) is 0.0417. The van der Waals surface area contributed by atoms with Gasteiger partial charge in [-0.25, -0.2) is 9.69 Å². The summed E-state index contributed by atoms with van der Waals surface area (Å²) in [6.45, 7) is 0.173. The van der Waals surface area contributed by atoms with Crippen molar-refractivity contribution in [1.82, 2.24) is 5.32 Å². The number of hydrogen-bond donors (Lipinski definition) is 1. The molecule has 0 aliphatic carbocycles. The Morgan fingerprint density at radius 2 is 1.62 bits per heavy atom. The molecule has 4 amide bonds. The van der Waals surface area contributed by atoms with Gasteiger partial charge in [0.05, 0.1) is 5.69 Å². The monoisotopic (exact) mass is 466 g/mol. The molecule has 1 N–H and O–H groups in total. The number of nitrogens with one attached hydrogen (secondary N) is 1. The van der Waals surface area contributed by atoms with Gasteiger partial charge in [0.2, 0.25) is 0 Å². The Kier molecular flexibility index (Phi) is 6.25. The summed E-state index contributed by atoms with van der Waals surface area (Å²) in [5.41, 5.74) is 1.30. The second-order valence-corrected chi connectivity index (χ2v) is 7.70. The van der Waals surface area contributed by atoms with E-state index in [-0.39, 0.29) is 12.2 Å². The minimum absolute atomic E-state index is 0.173. The number of halogens is 2. The number of amides is 4. The smallest absolute Gasteiger partial charge is 0.335 e. The molecule has 4 rings (SSSR count). The van der Waals surface area contributed by atoms with Crippen LogP contribution < -0.4 is 15.0 Å². The number of ether oxygens (including phenoxy) is 1. The Hall–Kier alpha value is -3.61. The fourth-order valence-corrected chi connectivity index (χ4v) is 3.53. The zero-order valence-electron chi connectivity index (χ0n) is 16.5. The lowest BCUT2D eigenvalue weighted by molar-refractivity contribution is -0.122. The van der Waals surface area contributed by atoms with Gasteiger partial charge in [0, 0.05) is 21.2 Å². The minimum atomic E-state index is -0.815. The number of barbiturate groups is 1. The summed E-state index contributed by atoms with van der Waals surface area (Å²) in [6.07, 6.45) is 1.36. The summed E-state index contributed by atoms with van der Waals surface area (Å²) in [4.78, 5) is 38.8. The van der Waals surface area contributed by atoms with E-state index in [1.807, 2.05) is 18.2 Å². The molecule has 1 aliphatic heterocycles. The van der Waals surface area contributed by atoms with E-state index in [1.165, 1.54) is 6.08 Å². The van der Waals surface area contributed by atoms with Crippen molar-refractivity contribution < 1.29 is 19.1 Å². The first-order valence-electron chi connectivity index (χ1n) is 9.56. The third-order valence-electron chi connectivity index (χ3n) is 4.73. The topological polar surface area (TPSA) is 75.7 Å². The van der Waals surface area contributed by atoms with E-state index in [2.05, 4.69) is 5.32 Å². The van der Waals surface area contributed by atoms with Crippen molar-refractivity contribution in [3.8, 4) is 5.75 Å². The average molecular weight is 467 g/mol. The average Bonchev–Trinajstić information content (AvgIpc) is 2.77. The maximum Gasteiger partial charge on any atom is 0.335 e. The van der Waals surface area contributed by atoms with E-state index in [9.17, 15) is 14.4 Å². The lowest BCUT2D eigenvalue weighted by Gasteiger charge is -2.26. The summed E-state index contributed by atoms with van der Waals surface area (Å²) in [7, 11) is 0. The molecular formula is C24H16Cl2N2O4. The van der Waals surface area contributed by atoms with Gasteiger partial charge in [-0.15, -0.1) is 0 Å². The SMILES string of the molecule is O=C1NC(=O)N(c2ccccc2)C(=O)/C1=C/c1cc(Cl)ccc1OCc1ccccc1Cl. The Morgan fingerprint density at radius 3 is 2.38 bits per heavy atom. The Labute approximate surface area is 194 Å². The van der Waals surface area contributed by atoms with Crippen molar-refractivity contribution in [2.45, 2.75) is 6.61 Å². The number of carbonyl (C=O) groups excluding carboxylic acids is 3. The van der Waals surface area contributed by atoms with Crippen LogP contribution in [0.4, 0.5) is 10.5 Å². The molecule has 32 heavy (non-hydrogen) atoms. The second kappa shape index (κ2) is 9.26. The maximum atomic E-state index is 13.1. The van der Waals surface area contributed by atoms with Gasteiger partial charge in [-0.1, -0.05) is 59.6 Å². The van der Waals surface area contributed by atoms with Gasteiger partial charge in [-0.3, -0.25) is 14.9 Å². The van der Waals surface area contributed by atoms with Crippen LogP contribution in [0.3, 0.4) is 0 Å². The first-order valence-corrected chi connectivity index (χ1v) is 10.3. The summed E-state index contributed by atoms with van der Waals surface area (Å²) in [5.74, 6) is -1.16. The molecule has 160 valence electrons. The molecular weight excluding hydrogens is 451 g/mol. The van der Waals surface area contributed by atoms with Crippen molar-refractivity contribution in [2.75, 3.05) is 4.90 Å². The van der Waals surface area contributed by atoms with Crippen LogP contribution in [0.1, 0.15) is 11.1 Å². The standard InChI is InChI=1S/C24H16Cl2N2O4/c25-17-10-11-21(32-14-15-6-4-5-9-20(15)26)16(12-17)13-19-22(29)27-24(31)28(23(19)30)18-7-2-1-3-8-18/h1-13H,14H2,(H,27,29,31)/b19-13+. The molecule has 1 aliphatic rings. The quantitative estimate of drug-likeness (QED) is 0.412. The number of hydrogen-bond acceptors (Lipinski definition) is 4. The molecule has 0 spiro atoms. The zero-order chi connectivity index (χ0) is 22.7. The predicted molar refractivity (Wildman–Crippen MR) is 123 cm³/mol. The van der Waals surface area contributed by atoms with Crippen molar-refractivity contribution in [3.63, 3.8) is 0 Å². The number of para-hydroxylation sites is 1. The number of urea groups is 1. The van der Waals surface area contributed by atoms with E-state index in [1.54, 1.807) is 54.6 Å². The largest absolute Gasteiger partial charge is 0.488 e. The van der Waals surface area contributed by atoms with E-state index >= 15 is 0 Å². The minimum Gasteiger partial charge on any atom is -0.488 e. The van der Waals surface area contributed by atoms with Crippen molar-refractivity contribution in [2.24, 2.45) is 0 Å². The highest BCUT2D eigenvalue weighted by molar-refractivity contribution is 6.39. The summed E-state index contributed by atoms with van der Waals surface area (Å²) in [5, 5.41) is 3.14. The van der Waals surface area contributed by atoms with Crippen LogP contribution in [0.5, 0.6) is 5.75 Å². The number of rotatable bonds is 5. The highest BCUT2D eigenvalue weighted by atomic mass is 35.5. The molecule has 3 aromatic rings. The predicted octanol–water partition coefficient (Wildman–Crippen LogP) is 5.24. The lowest BCUT2D eigenvalue weighted by atomic mass is 10.1. The van der Waals surface area contributed by atoms with Crippen LogP contribution in [0.15, 0.2) is 78.4 Å². The molecule has 1 fully saturated rings. The van der Waals surface area contributed by atoms with Crippen LogP contribution in [0, 0.1) is 0 Å². The number of carbonyl (C=O) groups is 3. The number of nitrogens with zero attached hydrogens (tertiary/aromatic N) is 1. The van der Waals surface area contributed by atoms with E-state index in [0.717, 1.165) is 10.5 Å². The lowest BCUT2D eigenvalue weighted by Crippen LogP contribution is -2.54. The maximum absolute atomic E-state index is 13.1. The summed E-state index contributed by atoms with van der Waals surface area (Å²) < 4.78 is 5.89.